The summed E-state index contributed by atoms with van der Waals surface area (Å²) in [4.78, 5) is 11.0. The fourth-order valence-corrected chi connectivity index (χ4v) is 2.61. The van der Waals surface area contributed by atoms with Crippen LogP contribution in [0.3, 0.4) is 0 Å². The molecule has 1 heterocycles. The van der Waals surface area contributed by atoms with E-state index in [1.807, 2.05) is 13.1 Å². The van der Waals surface area contributed by atoms with Crippen molar-refractivity contribution in [3.8, 4) is 0 Å². The van der Waals surface area contributed by atoms with E-state index in [2.05, 4.69) is 32.5 Å². The van der Waals surface area contributed by atoms with E-state index in [9.17, 15) is 0 Å². The quantitative estimate of drug-likeness (QED) is 0.768. The van der Waals surface area contributed by atoms with Crippen LogP contribution in [-0.2, 0) is 0 Å². The second kappa shape index (κ2) is 7.28. The smallest absolute Gasteiger partial charge is 0.134 e. The summed E-state index contributed by atoms with van der Waals surface area (Å²) in [6.45, 7) is 1.80. The maximum atomic E-state index is 4.40. The molecule has 0 amide bonds. The van der Waals surface area contributed by atoms with Crippen LogP contribution >= 0.6 is 0 Å². The van der Waals surface area contributed by atoms with Gasteiger partial charge in [0, 0.05) is 32.2 Å². The predicted octanol–water partition coefficient (Wildman–Crippen LogP) is 1.88. The van der Waals surface area contributed by atoms with Gasteiger partial charge in [-0.2, -0.15) is 0 Å². The van der Waals surface area contributed by atoms with Crippen molar-refractivity contribution >= 4 is 11.6 Å². The zero-order valence-electron chi connectivity index (χ0n) is 12.0. The SMILES string of the molecule is CNCCNc1cc(N(C)C2CCCCC2)ncn1. The van der Waals surface area contributed by atoms with Crippen LogP contribution in [-0.4, -0.2) is 43.2 Å². The molecule has 5 nitrogen and oxygen atoms in total. The number of nitrogens with one attached hydrogen (secondary N) is 2. The number of hydrogen-bond acceptors (Lipinski definition) is 5. The molecule has 1 fully saturated rings. The fourth-order valence-electron chi connectivity index (χ4n) is 2.61. The molecule has 0 aliphatic heterocycles. The van der Waals surface area contributed by atoms with E-state index in [0.29, 0.717) is 6.04 Å². The zero-order chi connectivity index (χ0) is 13.5. The normalized spacial score (nSPS) is 16.3. The molecule has 0 spiro atoms. The predicted molar refractivity (Wildman–Crippen MR) is 79.7 cm³/mol. The van der Waals surface area contributed by atoms with Gasteiger partial charge in [-0.15, -0.1) is 0 Å². The van der Waals surface area contributed by atoms with Crippen molar-refractivity contribution in [3.05, 3.63) is 12.4 Å². The van der Waals surface area contributed by atoms with Gasteiger partial charge < -0.3 is 15.5 Å². The molecular formula is C14H25N5. The summed E-state index contributed by atoms with van der Waals surface area (Å²) in [6.07, 6.45) is 8.27. The Balaban J connectivity index is 1.96. The Bertz CT molecular complexity index is 376. The molecule has 106 valence electrons. The van der Waals surface area contributed by atoms with Gasteiger partial charge in [-0.1, -0.05) is 19.3 Å². The van der Waals surface area contributed by atoms with Crippen LogP contribution in [0, 0.1) is 0 Å². The number of anilines is 2. The van der Waals surface area contributed by atoms with Crippen molar-refractivity contribution in [3.63, 3.8) is 0 Å². The van der Waals surface area contributed by atoms with Crippen LogP contribution in [0.15, 0.2) is 12.4 Å². The zero-order valence-corrected chi connectivity index (χ0v) is 12.0. The van der Waals surface area contributed by atoms with E-state index in [0.717, 1.165) is 24.7 Å². The summed E-state index contributed by atoms with van der Waals surface area (Å²) < 4.78 is 0. The standard InChI is InChI=1S/C14H25N5/c1-15-8-9-16-13-10-14(18-11-17-13)19(2)12-6-4-3-5-7-12/h10-12,15H,3-9H2,1-2H3,(H,16,17,18). The molecule has 5 heteroatoms. The highest BCUT2D eigenvalue weighted by Crippen LogP contribution is 2.25. The van der Waals surface area contributed by atoms with Gasteiger partial charge >= 0.3 is 0 Å². The Labute approximate surface area is 115 Å². The first-order chi connectivity index (χ1) is 9.31. The number of rotatable bonds is 6. The van der Waals surface area contributed by atoms with Crippen molar-refractivity contribution in [2.24, 2.45) is 0 Å². The van der Waals surface area contributed by atoms with Crippen LogP contribution in [0.2, 0.25) is 0 Å². The highest BCUT2D eigenvalue weighted by atomic mass is 15.2. The molecular weight excluding hydrogens is 238 g/mol. The van der Waals surface area contributed by atoms with Gasteiger partial charge in [0.05, 0.1) is 0 Å². The number of aromatic nitrogens is 2. The number of likely N-dealkylation sites (N-methyl/N-ethyl adjacent to an activating group) is 1. The maximum Gasteiger partial charge on any atom is 0.134 e. The Hall–Kier alpha value is -1.36. The Morgan fingerprint density at radius 1 is 1.21 bits per heavy atom. The van der Waals surface area contributed by atoms with Gasteiger partial charge in [-0.3, -0.25) is 0 Å². The average Bonchev–Trinajstić information content (AvgIpc) is 2.48. The minimum atomic E-state index is 0.633. The molecule has 1 aromatic heterocycles. The van der Waals surface area contributed by atoms with Crippen LogP contribution in [0.25, 0.3) is 0 Å². The average molecular weight is 263 g/mol. The molecule has 0 aromatic carbocycles. The summed E-state index contributed by atoms with van der Waals surface area (Å²) in [7, 11) is 4.10. The summed E-state index contributed by atoms with van der Waals surface area (Å²) in [5.41, 5.74) is 0. The van der Waals surface area contributed by atoms with E-state index in [-0.39, 0.29) is 0 Å². The summed E-state index contributed by atoms with van der Waals surface area (Å²) in [5, 5.41) is 6.41. The van der Waals surface area contributed by atoms with Crippen molar-refractivity contribution in [2.75, 3.05) is 37.4 Å². The topological polar surface area (TPSA) is 53.1 Å². The first kappa shape index (κ1) is 14.1. The molecule has 0 atom stereocenters. The van der Waals surface area contributed by atoms with Gasteiger partial charge in [0.25, 0.3) is 0 Å². The van der Waals surface area contributed by atoms with Crippen LogP contribution in [0.4, 0.5) is 11.6 Å². The number of nitrogens with zero attached hydrogens (tertiary/aromatic N) is 3. The van der Waals surface area contributed by atoms with Crippen molar-refractivity contribution in [2.45, 2.75) is 38.1 Å². The minimum Gasteiger partial charge on any atom is -0.369 e. The van der Waals surface area contributed by atoms with Gasteiger partial charge in [0.1, 0.15) is 18.0 Å². The van der Waals surface area contributed by atoms with Crippen molar-refractivity contribution in [1.29, 1.82) is 0 Å². The molecule has 0 unspecified atom stereocenters. The van der Waals surface area contributed by atoms with Gasteiger partial charge in [0.15, 0.2) is 0 Å². The molecule has 1 aliphatic rings. The molecule has 1 aromatic rings. The lowest BCUT2D eigenvalue weighted by Gasteiger charge is -2.32. The van der Waals surface area contributed by atoms with Gasteiger partial charge in [-0.25, -0.2) is 9.97 Å². The van der Waals surface area contributed by atoms with Gasteiger partial charge in [-0.05, 0) is 19.9 Å². The largest absolute Gasteiger partial charge is 0.369 e. The lowest BCUT2D eigenvalue weighted by atomic mass is 9.94. The third-order valence-corrected chi connectivity index (χ3v) is 3.82. The molecule has 2 rings (SSSR count). The van der Waals surface area contributed by atoms with Crippen molar-refractivity contribution in [1.82, 2.24) is 15.3 Å². The van der Waals surface area contributed by atoms with Gasteiger partial charge in [0.2, 0.25) is 0 Å². The van der Waals surface area contributed by atoms with Crippen molar-refractivity contribution < 1.29 is 0 Å². The van der Waals surface area contributed by atoms with E-state index in [1.54, 1.807) is 6.33 Å². The van der Waals surface area contributed by atoms with E-state index >= 15 is 0 Å². The Morgan fingerprint density at radius 3 is 2.74 bits per heavy atom. The van der Waals surface area contributed by atoms with Crippen LogP contribution < -0.4 is 15.5 Å². The second-order valence-electron chi connectivity index (χ2n) is 5.19. The Morgan fingerprint density at radius 2 is 2.00 bits per heavy atom. The van der Waals surface area contributed by atoms with E-state index in [1.165, 1.54) is 32.1 Å². The van der Waals surface area contributed by atoms with Crippen LogP contribution in [0.5, 0.6) is 0 Å². The maximum absolute atomic E-state index is 4.40. The minimum absolute atomic E-state index is 0.633. The third kappa shape index (κ3) is 4.06. The summed E-state index contributed by atoms with van der Waals surface area (Å²) in [5.74, 6) is 1.93. The number of hydrogen-bond donors (Lipinski definition) is 2. The van der Waals surface area contributed by atoms with E-state index in [4.69, 9.17) is 0 Å². The lowest BCUT2D eigenvalue weighted by molar-refractivity contribution is 0.426. The summed E-state index contributed by atoms with van der Waals surface area (Å²) >= 11 is 0. The lowest BCUT2D eigenvalue weighted by Crippen LogP contribution is -2.34. The molecule has 0 bridgehead atoms. The highest BCUT2D eigenvalue weighted by Gasteiger charge is 2.19. The molecule has 0 saturated heterocycles. The molecule has 2 N–H and O–H groups in total. The molecule has 0 radical (unpaired) electrons. The second-order valence-corrected chi connectivity index (χ2v) is 5.19. The Kier molecular flexibility index (Phi) is 5.39. The van der Waals surface area contributed by atoms with Crippen LogP contribution in [0.1, 0.15) is 32.1 Å². The first-order valence-corrected chi connectivity index (χ1v) is 7.24. The first-order valence-electron chi connectivity index (χ1n) is 7.24. The monoisotopic (exact) mass is 263 g/mol. The third-order valence-electron chi connectivity index (χ3n) is 3.82. The highest BCUT2D eigenvalue weighted by molar-refractivity contribution is 5.48. The molecule has 19 heavy (non-hydrogen) atoms. The molecule has 1 aliphatic carbocycles. The summed E-state index contributed by atoms with van der Waals surface area (Å²) in [6, 6.07) is 2.68. The fraction of sp³-hybridized carbons (Fsp3) is 0.714. The molecule has 1 saturated carbocycles. The van der Waals surface area contributed by atoms with E-state index < -0.39 is 0 Å².